The number of aryl methyl sites for hydroxylation is 1. The summed E-state index contributed by atoms with van der Waals surface area (Å²) in [7, 11) is -2.32. The van der Waals surface area contributed by atoms with Crippen LogP contribution in [0.2, 0.25) is 0 Å². The zero-order chi connectivity index (χ0) is 22.4. The highest BCUT2D eigenvalue weighted by atomic mass is 32.2. The van der Waals surface area contributed by atoms with Crippen LogP contribution in [0, 0.1) is 11.8 Å². The summed E-state index contributed by atoms with van der Waals surface area (Å²) in [5, 5.41) is 2.89. The van der Waals surface area contributed by atoms with Crippen LogP contribution >= 0.6 is 0 Å². The normalized spacial score (nSPS) is 19.7. The summed E-state index contributed by atoms with van der Waals surface area (Å²) in [6.07, 6.45) is 2.68. The third-order valence-corrected chi connectivity index (χ3v) is 7.50. The molecule has 0 bridgehead atoms. The standard InChI is InChI=1S/C24H32N2O4S/c1-18-14-19(2)17-26(16-18)31(28,29)23-15-21(11-12-22(23)30-3)24(27)25-13-7-10-20-8-5-4-6-9-20/h4-6,8-9,11-12,15,18-19H,7,10,13-14,16-17H2,1-3H3,(H,25,27). The summed E-state index contributed by atoms with van der Waals surface area (Å²) in [6, 6.07) is 14.7. The smallest absolute Gasteiger partial charge is 0.251 e. The summed E-state index contributed by atoms with van der Waals surface area (Å²) in [6.45, 7) is 5.60. The predicted molar refractivity (Wildman–Crippen MR) is 122 cm³/mol. The van der Waals surface area contributed by atoms with Gasteiger partial charge < -0.3 is 10.1 Å². The van der Waals surface area contributed by atoms with Gasteiger partial charge in [0.25, 0.3) is 5.91 Å². The number of carbonyl (C=O) groups excluding carboxylic acids is 1. The second-order valence-electron chi connectivity index (χ2n) is 8.48. The Morgan fingerprint density at radius 3 is 2.42 bits per heavy atom. The van der Waals surface area contributed by atoms with Crippen molar-refractivity contribution in [1.82, 2.24) is 9.62 Å². The van der Waals surface area contributed by atoms with Crippen molar-refractivity contribution in [2.24, 2.45) is 11.8 Å². The van der Waals surface area contributed by atoms with Gasteiger partial charge in [0, 0.05) is 25.2 Å². The van der Waals surface area contributed by atoms with E-state index in [1.165, 1.54) is 23.0 Å². The molecule has 1 amide bonds. The first kappa shape index (κ1) is 23.3. The lowest BCUT2D eigenvalue weighted by atomic mass is 9.94. The van der Waals surface area contributed by atoms with Gasteiger partial charge in [-0.25, -0.2) is 8.42 Å². The number of methoxy groups -OCH3 is 1. The molecule has 1 N–H and O–H groups in total. The van der Waals surface area contributed by atoms with Gasteiger partial charge in [0.2, 0.25) is 10.0 Å². The maximum atomic E-state index is 13.4. The van der Waals surface area contributed by atoms with E-state index < -0.39 is 10.0 Å². The van der Waals surface area contributed by atoms with Gasteiger partial charge in [0.15, 0.2) is 0 Å². The van der Waals surface area contributed by atoms with Crippen molar-refractivity contribution >= 4 is 15.9 Å². The van der Waals surface area contributed by atoms with Gasteiger partial charge in [-0.05, 0) is 54.9 Å². The van der Waals surface area contributed by atoms with Crippen molar-refractivity contribution in [2.75, 3.05) is 26.7 Å². The number of hydrogen-bond acceptors (Lipinski definition) is 4. The molecule has 0 aliphatic carbocycles. The molecule has 6 nitrogen and oxygen atoms in total. The third-order valence-electron chi connectivity index (χ3n) is 5.65. The number of sulfonamides is 1. The van der Waals surface area contributed by atoms with Crippen molar-refractivity contribution < 1.29 is 17.9 Å². The number of carbonyl (C=O) groups is 1. The second-order valence-corrected chi connectivity index (χ2v) is 10.4. The van der Waals surface area contributed by atoms with Crippen LogP contribution in [-0.2, 0) is 16.4 Å². The molecular formula is C24H32N2O4S. The van der Waals surface area contributed by atoms with Crippen LogP contribution in [0.3, 0.4) is 0 Å². The molecule has 1 saturated heterocycles. The summed E-state index contributed by atoms with van der Waals surface area (Å²) < 4.78 is 33.6. The predicted octanol–water partition coefficient (Wildman–Crippen LogP) is 3.72. The minimum Gasteiger partial charge on any atom is -0.495 e. The van der Waals surface area contributed by atoms with Crippen molar-refractivity contribution in [3.8, 4) is 5.75 Å². The monoisotopic (exact) mass is 444 g/mol. The Bertz CT molecular complexity index is 982. The van der Waals surface area contributed by atoms with Crippen molar-refractivity contribution in [2.45, 2.75) is 38.0 Å². The molecule has 31 heavy (non-hydrogen) atoms. The summed E-state index contributed by atoms with van der Waals surface area (Å²) in [4.78, 5) is 12.7. The van der Waals surface area contributed by atoms with Crippen LogP contribution in [0.25, 0.3) is 0 Å². The number of amides is 1. The number of ether oxygens (including phenoxy) is 1. The molecule has 3 rings (SSSR count). The lowest BCUT2D eigenvalue weighted by Crippen LogP contribution is -2.42. The van der Waals surface area contributed by atoms with Crippen LogP contribution in [-0.4, -0.2) is 45.4 Å². The van der Waals surface area contributed by atoms with Crippen LogP contribution < -0.4 is 10.1 Å². The lowest BCUT2D eigenvalue weighted by molar-refractivity contribution is 0.0953. The molecule has 1 heterocycles. The Morgan fingerprint density at radius 2 is 1.77 bits per heavy atom. The Balaban J connectivity index is 1.71. The molecule has 168 valence electrons. The summed E-state index contributed by atoms with van der Waals surface area (Å²) in [5.74, 6) is 0.556. The average molecular weight is 445 g/mol. The van der Waals surface area contributed by atoms with Gasteiger partial charge in [0.05, 0.1) is 7.11 Å². The Hall–Kier alpha value is -2.38. The number of nitrogens with zero attached hydrogens (tertiary/aromatic N) is 1. The largest absolute Gasteiger partial charge is 0.495 e. The van der Waals surface area contributed by atoms with E-state index in [1.54, 1.807) is 12.1 Å². The number of nitrogens with one attached hydrogen (secondary N) is 1. The van der Waals surface area contributed by atoms with Crippen LogP contribution in [0.4, 0.5) is 0 Å². The van der Waals surface area contributed by atoms with E-state index in [9.17, 15) is 13.2 Å². The Morgan fingerprint density at radius 1 is 1.10 bits per heavy atom. The molecule has 0 aromatic heterocycles. The molecule has 0 radical (unpaired) electrons. The molecule has 1 aliphatic heterocycles. The second kappa shape index (κ2) is 10.3. The Kier molecular flexibility index (Phi) is 7.73. The molecular weight excluding hydrogens is 412 g/mol. The van der Waals surface area contributed by atoms with E-state index in [4.69, 9.17) is 4.74 Å². The topological polar surface area (TPSA) is 75.7 Å². The van der Waals surface area contributed by atoms with Crippen LogP contribution in [0.5, 0.6) is 5.75 Å². The number of rotatable bonds is 8. The van der Waals surface area contributed by atoms with Crippen molar-refractivity contribution in [3.05, 3.63) is 59.7 Å². The van der Waals surface area contributed by atoms with E-state index in [1.807, 2.05) is 18.2 Å². The number of piperidine rings is 1. The minimum atomic E-state index is -3.76. The van der Waals surface area contributed by atoms with Gasteiger partial charge in [-0.3, -0.25) is 4.79 Å². The maximum absolute atomic E-state index is 13.4. The molecule has 2 atom stereocenters. The fraction of sp³-hybridized carbons (Fsp3) is 0.458. The zero-order valence-corrected chi connectivity index (χ0v) is 19.3. The van der Waals surface area contributed by atoms with Gasteiger partial charge in [-0.2, -0.15) is 4.31 Å². The molecule has 0 spiro atoms. The molecule has 2 aromatic rings. The average Bonchev–Trinajstić information content (AvgIpc) is 2.76. The maximum Gasteiger partial charge on any atom is 0.251 e. The van der Waals surface area contributed by atoms with Crippen molar-refractivity contribution in [1.29, 1.82) is 0 Å². The minimum absolute atomic E-state index is 0.0493. The fourth-order valence-corrected chi connectivity index (χ4v) is 6.06. The molecule has 1 aliphatic rings. The van der Waals surface area contributed by atoms with Crippen LogP contribution in [0.1, 0.15) is 42.6 Å². The molecule has 1 fully saturated rings. The van der Waals surface area contributed by atoms with Crippen LogP contribution in [0.15, 0.2) is 53.4 Å². The van der Waals surface area contributed by atoms with E-state index in [0.29, 0.717) is 37.0 Å². The first-order chi connectivity index (χ1) is 14.8. The molecule has 2 unspecified atom stereocenters. The zero-order valence-electron chi connectivity index (χ0n) is 18.5. The highest BCUT2D eigenvalue weighted by Gasteiger charge is 2.34. The Labute approximate surface area is 185 Å². The molecule has 2 aromatic carbocycles. The summed E-state index contributed by atoms with van der Waals surface area (Å²) >= 11 is 0. The molecule has 7 heteroatoms. The highest BCUT2D eigenvalue weighted by molar-refractivity contribution is 7.89. The van der Waals surface area contributed by atoms with Gasteiger partial charge >= 0.3 is 0 Å². The number of benzene rings is 2. The van der Waals surface area contributed by atoms with E-state index in [0.717, 1.165) is 19.3 Å². The van der Waals surface area contributed by atoms with Gasteiger partial charge in [-0.15, -0.1) is 0 Å². The summed E-state index contributed by atoms with van der Waals surface area (Å²) in [5.41, 5.74) is 1.54. The number of hydrogen-bond donors (Lipinski definition) is 1. The van der Waals surface area contributed by atoms with E-state index in [2.05, 4.69) is 31.3 Å². The molecule has 0 saturated carbocycles. The highest BCUT2D eigenvalue weighted by Crippen LogP contribution is 2.32. The lowest BCUT2D eigenvalue weighted by Gasteiger charge is -2.34. The first-order valence-corrected chi connectivity index (χ1v) is 12.3. The van der Waals surface area contributed by atoms with E-state index in [-0.39, 0.29) is 16.6 Å². The first-order valence-electron chi connectivity index (χ1n) is 10.8. The van der Waals surface area contributed by atoms with Gasteiger partial charge in [-0.1, -0.05) is 44.2 Å². The van der Waals surface area contributed by atoms with Gasteiger partial charge in [0.1, 0.15) is 10.6 Å². The van der Waals surface area contributed by atoms with E-state index >= 15 is 0 Å². The third kappa shape index (κ3) is 5.86. The fourth-order valence-electron chi connectivity index (χ4n) is 4.20. The van der Waals surface area contributed by atoms with Crippen molar-refractivity contribution in [3.63, 3.8) is 0 Å². The quantitative estimate of drug-likeness (QED) is 0.630. The SMILES string of the molecule is COc1ccc(C(=O)NCCCc2ccccc2)cc1S(=O)(=O)N1CC(C)CC(C)C1.